The lowest BCUT2D eigenvalue weighted by atomic mass is 9.93. The molecule has 0 bridgehead atoms. The number of rotatable bonds is 3. The quantitative estimate of drug-likeness (QED) is 0.823. The molecule has 1 aliphatic heterocycles. The molecule has 0 radical (unpaired) electrons. The van der Waals surface area contributed by atoms with Gasteiger partial charge < -0.3 is 9.84 Å². The molecule has 1 unspecified atom stereocenters. The molecule has 3 heteroatoms. The summed E-state index contributed by atoms with van der Waals surface area (Å²) in [5.41, 5.74) is 1.39. The Morgan fingerprint density at radius 3 is 3.07 bits per heavy atom. The van der Waals surface area contributed by atoms with E-state index in [1.165, 1.54) is 37.8 Å². The van der Waals surface area contributed by atoms with Gasteiger partial charge >= 0.3 is 0 Å². The van der Waals surface area contributed by atoms with Crippen LogP contribution < -0.4 is 5.32 Å². The second kappa shape index (κ2) is 3.97. The molecule has 1 saturated carbocycles. The van der Waals surface area contributed by atoms with Gasteiger partial charge in [-0.05, 0) is 50.6 Å². The van der Waals surface area contributed by atoms with E-state index < -0.39 is 0 Å². The van der Waals surface area contributed by atoms with Gasteiger partial charge in [0.05, 0.1) is 6.20 Å². The van der Waals surface area contributed by atoms with Crippen molar-refractivity contribution in [3.05, 3.63) is 17.5 Å². The first kappa shape index (κ1) is 9.40. The van der Waals surface area contributed by atoms with E-state index in [2.05, 4.69) is 10.5 Å². The molecule has 1 aromatic rings. The lowest BCUT2D eigenvalue weighted by Crippen LogP contribution is -2.30. The number of hydrogen-bond acceptors (Lipinski definition) is 3. The van der Waals surface area contributed by atoms with Crippen LogP contribution in [0.25, 0.3) is 0 Å². The molecule has 2 fully saturated rings. The van der Waals surface area contributed by atoms with Gasteiger partial charge in [-0.15, -0.1) is 0 Å². The van der Waals surface area contributed by atoms with Crippen molar-refractivity contribution in [1.82, 2.24) is 10.5 Å². The Hall–Kier alpha value is -0.830. The van der Waals surface area contributed by atoms with Crippen LogP contribution in [0.15, 0.2) is 10.7 Å². The van der Waals surface area contributed by atoms with Crippen LogP contribution >= 0.6 is 0 Å². The smallest absolute Gasteiger partial charge is 0.140 e. The van der Waals surface area contributed by atoms with E-state index in [0.29, 0.717) is 0 Å². The first-order chi connectivity index (χ1) is 7.43. The molecule has 0 amide bonds. The first-order valence-electron chi connectivity index (χ1n) is 6.07. The molecule has 1 saturated heterocycles. The van der Waals surface area contributed by atoms with E-state index in [-0.39, 0.29) is 0 Å². The topological polar surface area (TPSA) is 38.1 Å². The van der Waals surface area contributed by atoms with Gasteiger partial charge in [-0.3, -0.25) is 0 Å². The molecule has 3 rings (SSSR count). The third-order valence-corrected chi connectivity index (χ3v) is 3.57. The van der Waals surface area contributed by atoms with Gasteiger partial charge in [0.25, 0.3) is 0 Å². The molecule has 1 aromatic heterocycles. The van der Waals surface area contributed by atoms with Crippen molar-refractivity contribution in [2.24, 2.45) is 5.92 Å². The first-order valence-corrected chi connectivity index (χ1v) is 6.07. The summed E-state index contributed by atoms with van der Waals surface area (Å²) in [5.74, 6) is 2.68. The summed E-state index contributed by atoms with van der Waals surface area (Å²) in [4.78, 5) is 0. The third-order valence-electron chi connectivity index (χ3n) is 3.57. The minimum absolute atomic E-state index is 0.754. The molecule has 15 heavy (non-hydrogen) atoms. The maximum atomic E-state index is 5.39. The van der Waals surface area contributed by atoms with Crippen molar-refractivity contribution in [2.75, 3.05) is 13.1 Å². The zero-order valence-electron chi connectivity index (χ0n) is 9.04. The van der Waals surface area contributed by atoms with E-state index in [4.69, 9.17) is 4.52 Å². The lowest BCUT2D eigenvalue weighted by molar-refractivity contribution is 0.319. The zero-order chi connectivity index (χ0) is 10.1. The van der Waals surface area contributed by atoms with E-state index in [9.17, 15) is 0 Å². The van der Waals surface area contributed by atoms with Gasteiger partial charge in [0.2, 0.25) is 0 Å². The van der Waals surface area contributed by atoms with E-state index in [1.807, 2.05) is 6.20 Å². The van der Waals surface area contributed by atoms with Crippen molar-refractivity contribution in [1.29, 1.82) is 0 Å². The van der Waals surface area contributed by atoms with Crippen LogP contribution in [-0.4, -0.2) is 18.2 Å². The number of piperidine rings is 1. The Labute approximate surface area is 90.2 Å². The molecule has 1 atom stereocenters. The SMILES string of the molecule is c1noc(CC2CCCNC2)c1C1CC1. The highest BCUT2D eigenvalue weighted by molar-refractivity contribution is 5.23. The van der Waals surface area contributed by atoms with Crippen LogP contribution in [0.1, 0.15) is 42.9 Å². The van der Waals surface area contributed by atoms with Crippen molar-refractivity contribution < 1.29 is 4.52 Å². The monoisotopic (exact) mass is 206 g/mol. The third kappa shape index (κ3) is 2.07. The van der Waals surface area contributed by atoms with Crippen LogP contribution in [0, 0.1) is 5.92 Å². The average Bonchev–Trinajstić information content (AvgIpc) is 3.02. The van der Waals surface area contributed by atoms with Crippen molar-refractivity contribution in [3.8, 4) is 0 Å². The van der Waals surface area contributed by atoms with E-state index in [0.717, 1.165) is 30.6 Å². The predicted molar refractivity (Wildman–Crippen MR) is 57.8 cm³/mol. The van der Waals surface area contributed by atoms with Gasteiger partial charge in [0, 0.05) is 12.0 Å². The standard InChI is InChI=1S/C12H18N2O/c1-2-9(7-13-5-1)6-12-11(8-14-15-12)10-3-4-10/h8-10,13H,1-7H2. The summed E-state index contributed by atoms with van der Waals surface area (Å²) < 4.78 is 5.39. The van der Waals surface area contributed by atoms with Gasteiger partial charge in [0.15, 0.2) is 0 Å². The molecule has 0 aromatic carbocycles. The summed E-state index contributed by atoms with van der Waals surface area (Å²) in [6.07, 6.45) is 8.31. The number of nitrogens with zero attached hydrogens (tertiary/aromatic N) is 1. The summed E-state index contributed by atoms with van der Waals surface area (Å²) in [5, 5.41) is 7.40. The molecule has 3 nitrogen and oxygen atoms in total. The Morgan fingerprint density at radius 2 is 2.33 bits per heavy atom. The number of aromatic nitrogens is 1. The molecule has 0 spiro atoms. The fourth-order valence-corrected chi connectivity index (χ4v) is 2.51. The predicted octanol–water partition coefficient (Wildman–Crippen LogP) is 2.09. The number of nitrogens with one attached hydrogen (secondary N) is 1. The van der Waals surface area contributed by atoms with Crippen LogP contribution in [0.3, 0.4) is 0 Å². The maximum Gasteiger partial charge on any atom is 0.140 e. The normalized spacial score (nSPS) is 26.8. The van der Waals surface area contributed by atoms with Crippen molar-refractivity contribution >= 4 is 0 Å². The summed E-state index contributed by atoms with van der Waals surface area (Å²) in [7, 11) is 0. The van der Waals surface area contributed by atoms with Gasteiger partial charge in [-0.1, -0.05) is 5.16 Å². The molecular weight excluding hydrogens is 188 g/mol. The lowest BCUT2D eigenvalue weighted by Gasteiger charge is -2.21. The highest BCUT2D eigenvalue weighted by Gasteiger charge is 2.29. The minimum atomic E-state index is 0.754. The Balaban J connectivity index is 1.67. The summed E-state index contributed by atoms with van der Waals surface area (Å²) >= 11 is 0. The number of hydrogen-bond donors (Lipinski definition) is 1. The molecule has 82 valence electrons. The minimum Gasteiger partial charge on any atom is -0.361 e. The second-order valence-corrected chi connectivity index (χ2v) is 4.90. The van der Waals surface area contributed by atoms with E-state index >= 15 is 0 Å². The molecule has 1 aliphatic carbocycles. The Bertz CT molecular complexity index is 324. The molecule has 1 N–H and O–H groups in total. The largest absolute Gasteiger partial charge is 0.361 e. The summed E-state index contributed by atoms with van der Waals surface area (Å²) in [6, 6.07) is 0. The van der Waals surface area contributed by atoms with Crippen LogP contribution in [0.5, 0.6) is 0 Å². The van der Waals surface area contributed by atoms with Gasteiger partial charge in [-0.25, -0.2) is 0 Å². The Morgan fingerprint density at radius 1 is 1.40 bits per heavy atom. The highest BCUT2D eigenvalue weighted by atomic mass is 16.5. The fraction of sp³-hybridized carbons (Fsp3) is 0.750. The van der Waals surface area contributed by atoms with Crippen LogP contribution in [0.4, 0.5) is 0 Å². The fourth-order valence-electron chi connectivity index (χ4n) is 2.51. The molecular formula is C12H18N2O. The average molecular weight is 206 g/mol. The van der Waals surface area contributed by atoms with Crippen molar-refractivity contribution in [3.63, 3.8) is 0 Å². The van der Waals surface area contributed by atoms with Crippen LogP contribution in [-0.2, 0) is 6.42 Å². The van der Waals surface area contributed by atoms with Gasteiger partial charge in [0.1, 0.15) is 5.76 Å². The van der Waals surface area contributed by atoms with Crippen molar-refractivity contribution in [2.45, 2.75) is 38.0 Å². The highest BCUT2D eigenvalue weighted by Crippen LogP contribution is 2.42. The second-order valence-electron chi connectivity index (χ2n) is 4.90. The van der Waals surface area contributed by atoms with Crippen LogP contribution in [0.2, 0.25) is 0 Å². The molecule has 2 aliphatic rings. The van der Waals surface area contributed by atoms with Gasteiger partial charge in [-0.2, -0.15) is 0 Å². The molecule has 2 heterocycles. The summed E-state index contributed by atoms with van der Waals surface area (Å²) in [6.45, 7) is 2.33. The maximum absolute atomic E-state index is 5.39. The Kier molecular flexibility index (Phi) is 2.49. The zero-order valence-corrected chi connectivity index (χ0v) is 9.04. The van der Waals surface area contributed by atoms with E-state index in [1.54, 1.807) is 0 Å².